The normalized spacial score (nSPS) is 20.2. The molecule has 0 spiro atoms. The largest absolute Gasteiger partial charge is 0.487 e. The van der Waals surface area contributed by atoms with Gasteiger partial charge in [0.05, 0.1) is 12.3 Å². The number of aromatic amines is 1. The number of piperidine rings is 2. The van der Waals surface area contributed by atoms with E-state index in [4.69, 9.17) is 4.74 Å². The lowest BCUT2D eigenvalue weighted by molar-refractivity contribution is 0.0712. The summed E-state index contributed by atoms with van der Waals surface area (Å²) < 4.78 is 35.1. The molecule has 2 saturated heterocycles. The van der Waals surface area contributed by atoms with Crippen LogP contribution in [-0.2, 0) is 0 Å². The first-order chi connectivity index (χ1) is 17.5. The maximum atomic E-state index is 15.1. The molecule has 0 atom stereocenters. The van der Waals surface area contributed by atoms with Crippen molar-refractivity contribution in [3.05, 3.63) is 58.9 Å². The lowest BCUT2D eigenvalue weighted by Gasteiger charge is -2.32. The summed E-state index contributed by atoms with van der Waals surface area (Å²) in [5, 5.41) is 0.863. The van der Waals surface area contributed by atoms with E-state index < -0.39 is 5.82 Å². The Kier molecular flexibility index (Phi) is 6.15. The quantitative estimate of drug-likeness (QED) is 0.529. The molecule has 1 N–H and O–H groups in total. The minimum atomic E-state index is -0.503. The molecule has 2 aliphatic heterocycles. The van der Waals surface area contributed by atoms with Gasteiger partial charge >= 0.3 is 0 Å². The molecule has 0 radical (unpaired) electrons. The van der Waals surface area contributed by atoms with E-state index in [-0.39, 0.29) is 29.5 Å². The van der Waals surface area contributed by atoms with Crippen molar-refractivity contribution in [3.63, 3.8) is 0 Å². The Bertz CT molecular complexity index is 1270. The van der Waals surface area contributed by atoms with Gasteiger partial charge in [0, 0.05) is 41.2 Å². The molecule has 1 saturated carbocycles. The van der Waals surface area contributed by atoms with Crippen LogP contribution >= 0.6 is 0 Å². The van der Waals surface area contributed by atoms with E-state index in [1.54, 1.807) is 17.0 Å². The number of amides is 1. The van der Waals surface area contributed by atoms with Gasteiger partial charge in [-0.25, -0.2) is 13.8 Å². The number of nitrogens with one attached hydrogen (secondary N) is 1. The zero-order valence-corrected chi connectivity index (χ0v) is 20.6. The van der Waals surface area contributed by atoms with Crippen LogP contribution in [0.4, 0.5) is 8.78 Å². The molecule has 8 heteroatoms. The van der Waals surface area contributed by atoms with Crippen LogP contribution in [0.25, 0.3) is 11.0 Å². The molecule has 1 amide bonds. The van der Waals surface area contributed by atoms with Crippen LogP contribution in [0.2, 0.25) is 0 Å². The molecular formula is C28H32F2N4O2. The van der Waals surface area contributed by atoms with Gasteiger partial charge < -0.3 is 19.5 Å². The monoisotopic (exact) mass is 494 g/mol. The molecule has 6 rings (SSSR count). The predicted molar refractivity (Wildman–Crippen MR) is 133 cm³/mol. The Morgan fingerprint density at radius 1 is 0.972 bits per heavy atom. The van der Waals surface area contributed by atoms with Crippen LogP contribution in [-0.4, -0.2) is 65.0 Å². The minimum Gasteiger partial charge on any atom is -0.487 e. The fraction of sp³-hybridized carbons (Fsp3) is 0.500. The van der Waals surface area contributed by atoms with Crippen molar-refractivity contribution >= 4 is 16.9 Å². The van der Waals surface area contributed by atoms with E-state index in [0.29, 0.717) is 43.0 Å². The molecule has 3 aliphatic rings. The fourth-order valence-corrected chi connectivity index (χ4v) is 5.69. The predicted octanol–water partition coefficient (Wildman–Crippen LogP) is 5.21. The van der Waals surface area contributed by atoms with Crippen molar-refractivity contribution in [1.82, 2.24) is 19.8 Å². The lowest BCUT2D eigenvalue weighted by atomic mass is 9.87. The van der Waals surface area contributed by atoms with Crippen molar-refractivity contribution in [1.29, 1.82) is 0 Å². The molecule has 2 aromatic heterocycles. The van der Waals surface area contributed by atoms with E-state index in [9.17, 15) is 9.18 Å². The highest BCUT2D eigenvalue weighted by molar-refractivity contribution is 5.94. The van der Waals surface area contributed by atoms with Crippen LogP contribution in [0.1, 0.15) is 72.0 Å². The molecule has 0 unspecified atom stereocenters. The number of pyridine rings is 1. The average molecular weight is 495 g/mol. The van der Waals surface area contributed by atoms with Gasteiger partial charge in [-0.1, -0.05) is 0 Å². The number of ether oxygens (including phenoxy) is 1. The smallest absolute Gasteiger partial charge is 0.253 e. The Hall–Kier alpha value is -3.00. The highest BCUT2D eigenvalue weighted by Crippen LogP contribution is 2.37. The third kappa shape index (κ3) is 4.59. The van der Waals surface area contributed by atoms with E-state index >= 15 is 4.39 Å². The van der Waals surface area contributed by atoms with Gasteiger partial charge in [0.1, 0.15) is 11.5 Å². The summed E-state index contributed by atoms with van der Waals surface area (Å²) in [4.78, 5) is 24.9. The second-order valence-electron chi connectivity index (χ2n) is 10.6. The highest BCUT2D eigenvalue weighted by Gasteiger charge is 2.30. The molecule has 1 aliphatic carbocycles. The summed E-state index contributed by atoms with van der Waals surface area (Å²) in [5.74, 6) is -0.335. The Labute approximate surface area is 209 Å². The third-order valence-corrected chi connectivity index (χ3v) is 8.02. The number of halogens is 2. The van der Waals surface area contributed by atoms with Gasteiger partial charge in [-0.2, -0.15) is 0 Å². The van der Waals surface area contributed by atoms with Crippen LogP contribution in [0.5, 0.6) is 5.75 Å². The number of hydrogen-bond acceptors (Lipinski definition) is 4. The molecular weight excluding hydrogens is 462 g/mol. The Morgan fingerprint density at radius 2 is 1.69 bits per heavy atom. The molecule has 0 bridgehead atoms. The number of carbonyl (C=O) groups is 1. The third-order valence-electron chi connectivity index (χ3n) is 8.02. The van der Waals surface area contributed by atoms with E-state index in [0.717, 1.165) is 55.5 Å². The first-order valence-electron chi connectivity index (χ1n) is 13.1. The number of carbonyl (C=O) groups excluding carboxylic acids is 1. The van der Waals surface area contributed by atoms with Crippen molar-refractivity contribution in [2.24, 2.45) is 0 Å². The van der Waals surface area contributed by atoms with Gasteiger partial charge in [-0.05, 0) is 88.8 Å². The van der Waals surface area contributed by atoms with Crippen molar-refractivity contribution in [2.45, 2.75) is 56.5 Å². The number of rotatable bonds is 5. The molecule has 1 aromatic carbocycles. The molecule has 3 fully saturated rings. The molecule has 190 valence electrons. The summed E-state index contributed by atoms with van der Waals surface area (Å²) in [6.45, 7) is 3.12. The number of fused-ring (bicyclic) bond motifs is 1. The van der Waals surface area contributed by atoms with Crippen molar-refractivity contribution in [2.75, 3.05) is 33.2 Å². The van der Waals surface area contributed by atoms with Crippen LogP contribution in [0.15, 0.2) is 30.5 Å². The fourth-order valence-electron chi connectivity index (χ4n) is 5.69. The van der Waals surface area contributed by atoms with Crippen LogP contribution < -0.4 is 4.74 Å². The topological polar surface area (TPSA) is 61.5 Å². The van der Waals surface area contributed by atoms with Crippen molar-refractivity contribution in [3.8, 4) is 5.75 Å². The summed E-state index contributed by atoms with van der Waals surface area (Å²) >= 11 is 0. The molecule has 6 nitrogen and oxygen atoms in total. The number of benzene rings is 1. The second kappa shape index (κ2) is 9.47. The first-order valence-corrected chi connectivity index (χ1v) is 13.1. The highest BCUT2D eigenvalue weighted by atomic mass is 19.1. The number of nitrogens with zero attached hydrogens (tertiary/aromatic N) is 3. The number of hydrogen-bond donors (Lipinski definition) is 1. The van der Waals surface area contributed by atoms with Gasteiger partial charge in [-0.3, -0.25) is 4.79 Å². The molecule has 36 heavy (non-hydrogen) atoms. The number of aromatic nitrogens is 2. The minimum absolute atomic E-state index is 0.00624. The van der Waals surface area contributed by atoms with E-state index in [2.05, 4.69) is 28.0 Å². The maximum absolute atomic E-state index is 15.1. The zero-order chi connectivity index (χ0) is 24.8. The summed E-state index contributed by atoms with van der Waals surface area (Å²) in [5.41, 5.74) is 2.90. The van der Waals surface area contributed by atoms with Gasteiger partial charge in [0.25, 0.3) is 5.91 Å². The summed E-state index contributed by atoms with van der Waals surface area (Å²) in [6.07, 6.45) is 6.78. The summed E-state index contributed by atoms with van der Waals surface area (Å²) in [7, 11) is 2.14. The summed E-state index contributed by atoms with van der Waals surface area (Å²) in [6, 6.07) is 6.54. The van der Waals surface area contributed by atoms with Gasteiger partial charge in [-0.15, -0.1) is 0 Å². The van der Waals surface area contributed by atoms with E-state index in [1.807, 2.05) is 0 Å². The van der Waals surface area contributed by atoms with Gasteiger partial charge in [0.15, 0.2) is 11.6 Å². The lowest BCUT2D eigenvalue weighted by Crippen LogP contribution is -2.38. The standard InChI is InChI=1S/C28H32F2N4O2/c1-33-10-6-17(7-11-33)24-15-21-26(23(30)16-31-27(21)32-24)18-8-12-34(13-9-18)28(35)19-2-5-25(22(29)14-19)36-20-3-4-20/h2,5,14-18,20H,3-4,6-13H2,1H3,(H,31,32). The van der Waals surface area contributed by atoms with Crippen LogP contribution in [0.3, 0.4) is 0 Å². The molecule has 4 heterocycles. The van der Waals surface area contributed by atoms with Gasteiger partial charge in [0.2, 0.25) is 0 Å². The zero-order valence-electron chi connectivity index (χ0n) is 20.6. The SMILES string of the molecule is CN1CCC(c2cc3c(C4CCN(C(=O)c5ccc(OC6CC6)c(F)c5)CC4)c(F)cnc3[nH]2)CC1. The number of H-pyrrole nitrogens is 1. The van der Waals surface area contributed by atoms with E-state index in [1.165, 1.54) is 12.3 Å². The maximum Gasteiger partial charge on any atom is 0.253 e. The van der Waals surface area contributed by atoms with Crippen molar-refractivity contribution < 1.29 is 18.3 Å². The Balaban J connectivity index is 1.16. The van der Waals surface area contributed by atoms with Crippen LogP contribution in [0, 0.1) is 11.6 Å². The first kappa shape index (κ1) is 23.4. The average Bonchev–Trinajstić information content (AvgIpc) is 3.61. The second-order valence-corrected chi connectivity index (χ2v) is 10.6. The molecule has 3 aromatic rings. The Morgan fingerprint density at radius 3 is 2.39 bits per heavy atom. The number of likely N-dealkylation sites (tertiary alicyclic amines) is 2.